The normalized spacial score (nSPS) is 14.2. The Bertz CT molecular complexity index is 473. The first-order valence-corrected chi connectivity index (χ1v) is 6.56. The maximum Gasteiger partial charge on any atom is 0.407 e. The number of amides is 1. The Labute approximate surface area is 123 Å². The van der Waals surface area contributed by atoms with Gasteiger partial charge in [0.15, 0.2) is 0 Å². The van der Waals surface area contributed by atoms with Crippen LogP contribution in [0.4, 0.5) is 4.79 Å². The lowest BCUT2D eigenvalue weighted by molar-refractivity contribution is 0.0116. The molecule has 0 fully saturated rings. The van der Waals surface area contributed by atoms with Crippen molar-refractivity contribution in [2.24, 2.45) is 0 Å². The standard InChI is InChI=1S/C14H22N2O5/c1-14(2,3)21-13(19)16-8-10(17)11(18)9-6-5-7-15-12(9)20-4/h5-7,10-11,17-18H,8H2,1-4H3,(H,16,19). The lowest BCUT2D eigenvalue weighted by Crippen LogP contribution is -2.38. The van der Waals surface area contributed by atoms with Crippen LogP contribution in [-0.2, 0) is 4.74 Å². The van der Waals surface area contributed by atoms with Gasteiger partial charge in [-0.1, -0.05) is 0 Å². The molecule has 118 valence electrons. The maximum absolute atomic E-state index is 11.5. The summed E-state index contributed by atoms with van der Waals surface area (Å²) in [6, 6.07) is 3.21. The zero-order valence-corrected chi connectivity index (χ0v) is 12.7. The lowest BCUT2D eigenvalue weighted by Gasteiger charge is -2.22. The summed E-state index contributed by atoms with van der Waals surface area (Å²) in [5, 5.41) is 22.4. The molecule has 7 nitrogen and oxygen atoms in total. The van der Waals surface area contributed by atoms with E-state index in [0.717, 1.165) is 0 Å². The number of aliphatic hydroxyl groups excluding tert-OH is 2. The van der Waals surface area contributed by atoms with Gasteiger partial charge in [-0.3, -0.25) is 0 Å². The number of hydrogen-bond acceptors (Lipinski definition) is 6. The van der Waals surface area contributed by atoms with Crippen LogP contribution in [0, 0.1) is 0 Å². The predicted octanol–water partition coefficient (Wildman–Crippen LogP) is 1.01. The summed E-state index contributed by atoms with van der Waals surface area (Å²) in [4.78, 5) is 15.4. The second-order valence-electron chi connectivity index (χ2n) is 5.50. The second-order valence-corrected chi connectivity index (χ2v) is 5.50. The number of ether oxygens (including phenoxy) is 2. The number of carbonyl (C=O) groups is 1. The monoisotopic (exact) mass is 298 g/mol. The largest absolute Gasteiger partial charge is 0.481 e. The minimum Gasteiger partial charge on any atom is -0.481 e. The van der Waals surface area contributed by atoms with E-state index in [0.29, 0.717) is 5.56 Å². The van der Waals surface area contributed by atoms with Crippen LogP contribution in [0.2, 0.25) is 0 Å². The molecule has 0 saturated heterocycles. The zero-order chi connectivity index (χ0) is 16.0. The lowest BCUT2D eigenvalue weighted by atomic mass is 10.1. The number of methoxy groups -OCH3 is 1. The van der Waals surface area contributed by atoms with E-state index >= 15 is 0 Å². The van der Waals surface area contributed by atoms with Crippen LogP contribution in [-0.4, -0.2) is 46.6 Å². The van der Waals surface area contributed by atoms with Crippen LogP contribution in [0.25, 0.3) is 0 Å². The van der Waals surface area contributed by atoms with E-state index in [1.165, 1.54) is 13.3 Å². The average Bonchev–Trinajstić information content (AvgIpc) is 2.42. The third kappa shape index (κ3) is 5.57. The van der Waals surface area contributed by atoms with Gasteiger partial charge in [-0.05, 0) is 32.9 Å². The van der Waals surface area contributed by atoms with Gasteiger partial charge in [0.25, 0.3) is 0 Å². The average molecular weight is 298 g/mol. The molecule has 0 aliphatic carbocycles. The number of aliphatic hydroxyl groups is 2. The number of nitrogens with one attached hydrogen (secondary N) is 1. The van der Waals surface area contributed by atoms with Gasteiger partial charge in [0.2, 0.25) is 5.88 Å². The molecule has 0 radical (unpaired) electrons. The number of rotatable bonds is 5. The van der Waals surface area contributed by atoms with Crippen LogP contribution in [0.3, 0.4) is 0 Å². The minimum absolute atomic E-state index is 0.159. The van der Waals surface area contributed by atoms with Crippen molar-refractivity contribution in [3.05, 3.63) is 23.9 Å². The van der Waals surface area contributed by atoms with Gasteiger partial charge in [0.1, 0.15) is 17.8 Å². The van der Waals surface area contributed by atoms with Crippen molar-refractivity contribution in [3.8, 4) is 5.88 Å². The van der Waals surface area contributed by atoms with Gasteiger partial charge in [0.05, 0.1) is 7.11 Å². The Morgan fingerprint density at radius 1 is 1.43 bits per heavy atom. The smallest absolute Gasteiger partial charge is 0.407 e. The van der Waals surface area contributed by atoms with Crippen molar-refractivity contribution < 1.29 is 24.5 Å². The predicted molar refractivity (Wildman–Crippen MR) is 76.0 cm³/mol. The summed E-state index contributed by atoms with van der Waals surface area (Å²) in [5.41, 5.74) is -0.279. The summed E-state index contributed by atoms with van der Waals surface area (Å²) in [5.74, 6) is 0.223. The van der Waals surface area contributed by atoms with E-state index in [4.69, 9.17) is 9.47 Å². The Morgan fingerprint density at radius 2 is 2.10 bits per heavy atom. The highest BCUT2D eigenvalue weighted by molar-refractivity contribution is 5.67. The van der Waals surface area contributed by atoms with E-state index < -0.39 is 23.9 Å². The van der Waals surface area contributed by atoms with E-state index in [2.05, 4.69) is 10.3 Å². The van der Waals surface area contributed by atoms with Crippen LogP contribution in [0.15, 0.2) is 18.3 Å². The topological polar surface area (TPSA) is 101 Å². The molecule has 2 unspecified atom stereocenters. The fourth-order valence-corrected chi connectivity index (χ4v) is 1.62. The first kappa shape index (κ1) is 17.2. The van der Waals surface area contributed by atoms with Crippen LogP contribution in [0.1, 0.15) is 32.4 Å². The van der Waals surface area contributed by atoms with Crippen molar-refractivity contribution in [2.45, 2.75) is 38.6 Å². The highest BCUT2D eigenvalue weighted by Crippen LogP contribution is 2.24. The molecule has 7 heteroatoms. The minimum atomic E-state index is -1.23. The SMILES string of the molecule is COc1ncccc1C(O)C(O)CNC(=O)OC(C)(C)C. The Morgan fingerprint density at radius 3 is 2.67 bits per heavy atom. The van der Waals surface area contributed by atoms with Gasteiger partial charge in [0, 0.05) is 18.3 Å². The van der Waals surface area contributed by atoms with Crippen LogP contribution in [0.5, 0.6) is 5.88 Å². The molecule has 0 aliphatic heterocycles. The first-order valence-electron chi connectivity index (χ1n) is 6.56. The summed E-state index contributed by atoms with van der Waals surface area (Å²) >= 11 is 0. The van der Waals surface area contributed by atoms with Gasteiger partial charge in [-0.2, -0.15) is 0 Å². The third-order valence-electron chi connectivity index (χ3n) is 2.53. The Kier molecular flexibility index (Phi) is 5.92. The van der Waals surface area contributed by atoms with E-state index in [9.17, 15) is 15.0 Å². The number of carbonyl (C=O) groups excluding carboxylic acids is 1. The fourth-order valence-electron chi connectivity index (χ4n) is 1.62. The molecule has 1 aromatic heterocycles. The Hall–Kier alpha value is -1.86. The molecule has 1 rings (SSSR count). The summed E-state index contributed by atoms with van der Waals surface area (Å²) in [7, 11) is 1.42. The molecular weight excluding hydrogens is 276 g/mol. The molecule has 1 aromatic rings. The summed E-state index contributed by atoms with van der Waals surface area (Å²) in [6.07, 6.45) is -1.59. The van der Waals surface area contributed by atoms with Crippen molar-refractivity contribution >= 4 is 6.09 Å². The van der Waals surface area contributed by atoms with Crippen molar-refractivity contribution in [2.75, 3.05) is 13.7 Å². The first-order chi connectivity index (χ1) is 9.74. The molecule has 0 aliphatic rings. The van der Waals surface area contributed by atoms with E-state index in [1.54, 1.807) is 32.9 Å². The number of alkyl carbamates (subject to hydrolysis) is 1. The van der Waals surface area contributed by atoms with Crippen LogP contribution >= 0.6 is 0 Å². The molecule has 3 N–H and O–H groups in total. The zero-order valence-electron chi connectivity index (χ0n) is 12.7. The highest BCUT2D eigenvalue weighted by Gasteiger charge is 2.24. The third-order valence-corrected chi connectivity index (χ3v) is 2.53. The quantitative estimate of drug-likeness (QED) is 0.750. The van der Waals surface area contributed by atoms with Gasteiger partial charge >= 0.3 is 6.09 Å². The molecule has 1 amide bonds. The Balaban J connectivity index is 2.59. The number of hydrogen-bond donors (Lipinski definition) is 3. The second kappa shape index (κ2) is 7.24. The molecule has 0 bridgehead atoms. The fraction of sp³-hybridized carbons (Fsp3) is 0.571. The molecule has 1 heterocycles. The van der Waals surface area contributed by atoms with E-state index in [1.807, 2.05) is 0 Å². The van der Waals surface area contributed by atoms with Crippen molar-refractivity contribution in [1.82, 2.24) is 10.3 Å². The highest BCUT2D eigenvalue weighted by atomic mass is 16.6. The summed E-state index contributed by atoms with van der Waals surface area (Å²) in [6.45, 7) is 5.04. The number of pyridine rings is 1. The number of aromatic nitrogens is 1. The maximum atomic E-state index is 11.5. The molecular formula is C14H22N2O5. The molecule has 2 atom stereocenters. The van der Waals surface area contributed by atoms with Crippen LogP contribution < -0.4 is 10.1 Å². The summed E-state index contributed by atoms with van der Waals surface area (Å²) < 4.78 is 10.1. The van der Waals surface area contributed by atoms with Gasteiger partial charge in [-0.15, -0.1) is 0 Å². The number of nitrogens with zero attached hydrogens (tertiary/aromatic N) is 1. The van der Waals surface area contributed by atoms with Crippen molar-refractivity contribution in [1.29, 1.82) is 0 Å². The van der Waals surface area contributed by atoms with E-state index in [-0.39, 0.29) is 12.4 Å². The van der Waals surface area contributed by atoms with Gasteiger partial charge < -0.3 is 25.0 Å². The molecule has 21 heavy (non-hydrogen) atoms. The van der Waals surface area contributed by atoms with Crippen molar-refractivity contribution in [3.63, 3.8) is 0 Å². The van der Waals surface area contributed by atoms with Gasteiger partial charge in [-0.25, -0.2) is 9.78 Å². The molecule has 0 saturated carbocycles. The molecule has 0 aromatic carbocycles. The molecule has 0 spiro atoms.